The standard InChI is InChI=1S/C17H11F3N2O2/c18-13-4-2-12(3-5-13)17(19,20)16(24)22-8-10-1-6-14-11(7-10)9-21-15(14)23/h1-7,9H,8H2,(H,22,24). The van der Waals surface area contributed by atoms with Gasteiger partial charge in [0.1, 0.15) is 5.82 Å². The highest BCUT2D eigenvalue weighted by molar-refractivity contribution is 6.12. The minimum Gasteiger partial charge on any atom is -0.346 e. The number of fused-ring (bicyclic) bond motifs is 1. The highest BCUT2D eigenvalue weighted by atomic mass is 19.3. The minimum atomic E-state index is -3.78. The number of halogens is 3. The van der Waals surface area contributed by atoms with Crippen molar-refractivity contribution in [1.82, 2.24) is 5.32 Å². The fraction of sp³-hybridized carbons (Fsp3) is 0.118. The lowest BCUT2D eigenvalue weighted by atomic mass is 10.1. The number of alkyl halides is 2. The van der Waals surface area contributed by atoms with Gasteiger partial charge < -0.3 is 5.32 Å². The van der Waals surface area contributed by atoms with Gasteiger partial charge in [-0.3, -0.25) is 9.59 Å². The molecule has 1 N–H and O–H groups in total. The molecule has 0 radical (unpaired) electrons. The first-order chi connectivity index (χ1) is 11.4. The maximum atomic E-state index is 14.1. The van der Waals surface area contributed by atoms with Crippen molar-refractivity contribution in [2.24, 2.45) is 4.99 Å². The van der Waals surface area contributed by atoms with Gasteiger partial charge in [-0.25, -0.2) is 9.38 Å². The Balaban J connectivity index is 1.70. The van der Waals surface area contributed by atoms with E-state index < -0.39 is 23.2 Å². The third kappa shape index (κ3) is 2.92. The fourth-order valence-electron chi connectivity index (χ4n) is 2.31. The van der Waals surface area contributed by atoms with Gasteiger partial charge in [-0.1, -0.05) is 6.07 Å². The molecule has 7 heteroatoms. The Bertz CT molecular complexity index is 845. The van der Waals surface area contributed by atoms with Crippen molar-refractivity contribution in [2.75, 3.05) is 0 Å². The van der Waals surface area contributed by atoms with Crippen molar-refractivity contribution >= 4 is 18.0 Å². The summed E-state index contributed by atoms with van der Waals surface area (Å²) in [6.45, 7) is -0.134. The van der Waals surface area contributed by atoms with E-state index in [0.29, 0.717) is 16.7 Å². The molecular formula is C17H11F3N2O2. The number of amides is 2. The summed E-state index contributed by atoms with van der Waals surface area (Å²) in [4.78, 5) is 26.8. The summed E-state index contributed by atoms with van der Waals surface area (Å²) >= 11 is 0. The maximum Gasteiger partial charge on any atom is 0.349 e. The molecule has 2 aromatic rings. The van der Waals surface area contributed by atoms with Crippen LogP contribution >= 0.6 is 0 Å². The van der Waals surface area contributed by atoms with Crippen molar-refractivity contribution in [1.29, 1.82) is 0 Å². The van der Waals surface area contributed by atoms with Gasteiger partial charge in [0.25, 0.3) is 11.8 Å². The Morgan fingerprint density at radius 2 is 1.83 bits per heavy atom. The Morgan fingerprint density at radius 3 is 2.54 bits per heavy atom. The Hall–Kier alpha value is -2.96. The number of benzene rings is 2. The SMILES string of the molecule is O=C1N=Cc2cc(CNC(=O)C(F)(F)c3ccc(F)cc3)ccc21. The van der Waals surface area contributed by atoms with E-state index in [1.165, 1.54) is 12.3 Å². The smallest absolute Gasteiger partial charge is 0.346 e. The normalized spacial score (nSPS) is 13.0. The van der Waals surface area contributed by atoms with Crippen LogP contribution in [0.5, 0.6) is 0 Å². The van der Waals surface area contributed by atoms with E-state index in [2.05, 4.69) is 10.3 Å². The van der Waals surface area contributed by atoms with Gasteiger partial charge in [0, 0.05) is 23.9 Å². The Morgan fingerprint density at radius 1 is 1.12 bits per heavy atom. The summed E-state index contributed by atoms with van der Waals surface area (Å²) < 4.78 is 40.9. The third-order valence-electron chi connectivity index (χ3n) is 3.61. The van der Waals surface area contributed by atoms with Crippen molar-refractivity contribution < 1.29 is 22.8 Å². The first-order valence-corrected chi connectivity index (χ1v) is 7.01. The number of aliphatic imine (C=N–C) groups is 1. The summed E-state index contributed by atoms with van der Waals surface area (Å²) in [6.07, 6.45) is 1.39. The Kier molecular flexibility index (Phi) is 3.92. The number of rotatable bonds is 4. The lowest BCUT2D eigenvalue weighted by Crippen LogP contribution is -2.37. The summed E-state index contributed by atoms with van der Waals surface area (Å²) in [6, 6.07) is 8.16. The van der Waals surface area contributed by atoms with Crippen LogP contribution in [0.25, 0.3) is 0 Å². The second kappa shape index (κ2) is 5.92. The molecule has 1 aliphatic heterocycles. The van der Waals surface area contributed by atoms with Crippen LogP contribution in [0.4, 0.5) is 13.2 Å². The molecule has 0 fully saturated rings. The van der Waals surface area contributed by atoms with Crippen molar-refractivity contribution in [3.05, 3.63) is 70.5 Å². The van der Waals surface area contributed by atoms with Crippen molar-refractivity contribution in [2.45, 2.75) is 12.5 Å². The molecule has 0 spiro atoms. The second-order valence-electron chi connectivity index (χ2n) is 5.25. The van der Waals surface area contributed by atoms with Crippen LogP contribution in [0.3, 0.4) is 0 Å². The minimum absolute atomic E-state index is 0.134. The third-order valence-corrected chi connectivity index (χ3v) is 3.61. The maximum absolute atomic E-state index is 14.1. The zero-order chi connectivity index (χ0) is 17.3. The molecule has 122 valence electrons. The molecule has 0 aliphatic carbocycles. The summed E-state index contributed by atoms with van der Waals surface area (Å²) in [5, 5.41) is 2.14. The van der Waals surface area contributed by atoms with E-state index in [4.69, 9.17) is 0 Å². The van der Waals surface area contributed by atoms with Gasteiger partial charge in [-0.05, 0) is 42.0 Å². The molecule has 1 aliphatic rings. The number of nitrogens with zero attached hydrogens (tertiary/aromatic N) is 1. The highest BCUT2D eigenvalue weighted by Crippen LogP contribution is 2.28. The van der Waals surface area contributed by atoms with E-state index in [9.17, 15) is 22.8 Å². The zero-order valence-corrected chi connectivity index (χ0v) is 12.2. The van der Waals surface area contributed by atoms with Crippen LogP contribution in [0.15, 0.2) is 47.5 Å². The van der Waals surface area contributed by atoms with Crippen LogP contribution in [0, 0.1) is 5.82 Å². The first kappa shape index (κ1) is 15.9. The molecule has 3 rings (SSSR count). The Labute approximate surface area is 135 Å². The topological polar surface area (TPSA) is 58.5 Å². The van der Waals surface area contributed by atoms with Crippen LogP contribution in [0.2, 0.25) is 0 Å². The molecule has 1 heterocycles. The molecule has 4 nitrogen and oxygen atoms in total. The van der Waals surface area contributed by atoms with Gasteiger partial charge in [0.05, 0.1) is 5.56 Å². The van der Waals surface area contributed by atoms with Gasteiger partial charge in [0.15, 0.2) is 0 Å². The van der Waals surface area contributed by atoms with E-state index in [1.807, 2.05) is 0 Å². The number of hydrogen-bond donors (Lipinski definition) is 1. The highest BCUT2D eigenvalue weighted by Gasteiger charge is 2.40. The largest absolute Gasteiger partial charge is 0.349 e. The van der Waals surface area contributed by atoms with Crippen LogP contribution in [0.1, 0.15) is 27.0 Å². The molecule has 0 unspecified atom stereocenters. The predicted octanol–water partition coefficient (Wildman–Crippen LogP) is 2.81. The lowest BCUT2D eigenvalue weighted by molar-refractivity contribution is -0.147. The molecule has 2 amide bonds. The van der Waals surface area contributed by atoms with Crippen molar-refractivity contribution in [3.63, 3.8) is 0 Å². The molecule has 0 saturated heterocycles. The molecule has 0 saturated carbocycles. The predicted molar refractivity (Wildman–Crippen MR) is 80.5 cm³/mol. The number of carbonyl (C=O) groups excluding carboxylic acids is 2. The lowest BCUT2D eigenvalue weighted by Gasteiger charge is -2.16. The van der Waals surface area contributed by atoms with Crippen LogP contribution in [-0.2, 0) is 17.3 Å². The summed E-state index contributed by atoms with van der Waals surface area (Å²) in [7, 11) is 0. The monoisotopic (exact) mass is 332 g/mol. The number of hydrogen-bond acceptors (Lipinski definition) is 2. The average Bonchev–Trinajstić information content (AvgIpc) is 2.93. The number of nitrogens with one attached hydrogen (secondary N) is 1. The van der Waals surface area contributed by atoms with E-state index in [0.717, 1.165) is 24.3 Å². The van der Waals surface area contributed by atoms with Gasteiger partial charge >= 0.3 is 5.92 Å². The van der Waals surface area contributed by atoms with E-state index in [1.54, 1.807) is 12.1 Å². The molecule has 0 bridgehead atoms. The second-order valence-corrected chi connectivity index (χ2v) is 5.25. The molecule has 24 heavy (non-hydrogen) atoms. The zero-order valence-electron chi connectivity index (χ0n) is 12.2. The van der Waals surface area contributed by atoms with Crippen LogP contribution in [-0.4, -0.2) is 18.0 Å². The average molecular weight is 332 g/mol. The van der Waals surface area contributed by atoms with Crippen LogP contribution < -0.4 is 5.32 Å². The van der Waals surface area contributed by atoms with Gasteiger partial charge in [0.2, 0.25) is 0 Å². The van der Waals surface area contributed by atoms with Gasteiger partial charge in [-0.2, -0.15) is 8.78 Å². The first-order valence-electron chi connectivity index (χ1n) is 7.01. The van der Waals surface area contributed by atoms with Crippen molar-refractivity contribution in [3.8, 4) is 0 Å². The molecule has 0 aromatic heterocycles. The summed E-state index contributed by atoms with van der Waals surface area (Å²) in [5.74, 6) is -6.28. The van der Waals surface area contributed by atoms with Gasteiger partial charge in [-0.15, -0.1) is 0 Å². The molecule has 2 aromatic carbocycles. The number of carbonyl (C=O) groups is 2. The van der Waals surface area contributed by atoms with E-state index >= 15 is 0 Å². The molecule has 0 atom stereocenters. The molecular weight excluding hydrogens is 321 g/mol. The summed E-state index contributed by atoms with van der Waals surface area (Å²) in [5.41, 5.74) is 0.977. The fourth-order valence-corrected chi connectivity index (χ4v) is 2.31. The quantitative estimate of drug-likeness (QED) is 0.936. The van der Waals surface area contributed by atoms with E-state index in [-0.39, 0.29) is 12.5 Å².